The second-order valence-corrected chi connectivity index (χ2v) is 7.90. The zero-order valence-electron chi connectivity index (χ0n) is 14.5. The van der Waals surface area contributed by atoms with Crippen LogP contribution < -0.4 is 5.32 Å². The van der Waals surface area contributed by atoms with Crippen LogP contribution in [0.3, 0.4) is 0 Å². The first-order valence-corrected chi connectivity index (χ1v) is 9.90. The third-order valence-electron chi connectivity index (χ3n) is 4.74. The molecule has 5 nitrogen and oxygen atoms in total. The molecule has 2 atom stereocenters. The SMILES string of the molecule is Cc1[nH]c(C)c([C@H]2[C@@H](c3ccccn3)NC(=S)N2Cc2ccco2)c1I. The van der Waals surface area contributed by atoms with E-state index in [9.17, 15) is 0 Å². The van der Waals surface area contributed by atoms with Crippen LogP contribution in [0.1, 0.15) is 40.5 Å². The van der Waals surface area contributed by atoms with Crippen molar-refractivity contribution < 1.29 is 4.42 Å². The number of nitrogens with one attached hydrogen (secondary N) is 2. The van der Waals surface area contributed by atoms with E-state index in [-0.39, 0.29) is 12.1 Å². The molecule has 0 spiro atoms. The van der Waals surface area contributed by atoms with Gasteiger partial charge in [0.2, 0.25) is 0 Å². The van der Waals surface area contributed by atoms with E-state index in [4.69, 9.17) is 16.6 Å². The molecule has 4 heterocycles. The Hall–Kier alpha value is -1.87. The number of thiocarbonyl (C=S) groups is 1. The number of aromatic nitrogens is 2. The highest BCUT2D eigenvalue weighted by Crippen LogP contribution is 2.43. The molecule has 7 heteroatoms. The van der Waals surface area contributed by atoms with Gasteiger partial charge in [-0.3, -0.25) is 4.98 Å². The molecule has 26 heavy (non-hydrogen) atoms. The van der Waals surface area contributed by atoms with Crippen LogP contribution in [0.2, 0.25) is 0 Å². The number of aryl methyl sites for hydroxylation is 2. The number of hydrogen-bond acceptors (Lipinski definition) is 3. The van der Waals surface area contributed by atoms with Crippen LogP contribution >= 0.6 is 34.8 Å². The molecule has 0 aliphatic carbocycles. The number of furan rings is 1. The first kappa shape index (κ1) is 17.5. The molecule has 1 fully saturated rings. The molecule has 0 radical (unpaired) electrons. The van der Waals surface area contributed by atoms with Crippen molar-refractivity contribution in [3.05, 3.63) is 74.8 Å². The summed E-state index contributed by atoms with van der Waals surface area (Å²) in [5.41, 5.74) is 4.58. The summed E-state index contributed by atoms with van der Waals surface area (Å²) in [7, 11) is 0. The van der Waals surface area contributed by atoms with Crippen molar-refractivity contribution in [2.75, 3.05) is 0 Å². The third-order valence-corrected chi connectivity index (χ3v) is 6.49. The number of halogens is 1. The van der Waals surface area contributed by atoms with E-state index in [0.717, 1.165) is 22.3 Å². The first-order valence-electron chi connectivity index (χ1n) is 8.41. The normalized spacial score (nSPS) is 19.8. The van der Waals surface area contributed by atoms with Crippen molar-refractivity contribution in [2.24, 2.45) is 0 Å². The smallest absolute Gasteiger partial charge is 0.170 e. The van der Waals surface area contributed by atoms with Gasteiger partial charge in [-0.25, -0.2) is 0 Å². The highest BCUT2D eigenvalue weighted by molar-refractivity contribution is 14.1. The second-order valence-electron chi connectivity index (χ2n) is 6.44. The summed E-state index contributed by atoms with van der Waals surface area (Å²) in [6.07, 6.45) is 3.52. The summed E-state index contributed by atoms with van der Waals surface area (Å²) >= 11 is 8.11. The van der Waals surface area contributed by atoms with Gasteiger partial charge in [-0.2, -0.15) is 0 Å². The largest absolute Gasteiger partial charge is 0.467 e. The van der Waals surface area contributed by atoms with Crippen molar-refractivity contribution in [1.29, 1.82) is 0 Å². The lowest BCUT2D eigenvalue weighted by Crippen LogP contribution is -2.29. The number of aromatic amines is 1. The Labute approximate surface area is 171 Å². The van der Waals surface area contributed by atoms with E-state index >= 15 is 0 Å². The zero-order valence-corrected chi connectivity index (χ0v) is 17.5. The highest BCUT2D eigenvalue weighted by atomic mass is 127. The van der Waals surface area contributed by atoms with Crippen LogP contribution in [-0.2, 0) is 6.54 Å². The zero-order chi connectivity index (χ0) is 18.3. The second kappa shape index (κ2) is 7.03. The minimum Gasteiger partial charge on any atom is -0.467 e. The Morgan fingerprint density at radius 3 is 2.69 bits per heavy atom. The quantitative estimate of drug-likeness (QED) is 0.430. The molecule has 0 amide bonds. The molecule has 4 rings (SSSR count). The molecule has 0 saturated carbocycles. The maximum Gasteiger partial charge on any atom is 0.170 e. The van der Waals surface area contributed by atoms with Crippen molar-refractivity contribution in [3.8, 4) is 0 Å². The standard InChI is InChI=1S/C19H19IN4OS/c1-11-15(16(20)12(2)22-11)18-17(14-7-3-4-8-21-14)23-19(26)24(18)10-13-6-5-9-25-13/h3-9,17-18,22H,10H2,1-2H3,(H,23,26)/t17-,18+/m1/s1. The Morgan fingerprint density at radius 1 is 1.23 bits per heavy atom. The van der Waals surface area contributed by atoms with Crippen molar-refractivity contribution in [3.63, 3.8) is 0 Å². The number of H-pyrrole nitrogens is 1. The molecule has 134 valence electrons. The maximum absolute atomic E-state index is 5.69. The van der Waals surface area contributed by atoms with Gasteiger partial charge in [-0.05, 0) is 72.9 Å². The first-order chi connectivity index (χ1) is 12.6. The Balaban J connectivity index is 1.81. The van der Waals surface area contributed by atoms with Gasteiger partial charge in [0, 0.05) is 26.7 Å². The molecule has 1 aliphatic heterocycles. The van der Waals surface area contributed by atoms with E-state index in [1.807, 2.05) is 36.5 Å². The van der Waals surface area contributed by atoms with Crippen molar-refractivity contribution in [1.82, 2.24) is 20.2 Å². The van der Waals surface area contributed by atoms with Crippen molar-refractivity contribution in [2.45, 2.75) is 32.5 Å². The van der Waals surface area contributed by atoms with Gasteiger partial charge in [0.05, 0.1) is 30.6 Å². The van der Waals surface area contributed by atoms with E-state index in [2.05, 4.69) is 56.6 Å². The summed E-state index contributed by atoms with van der Waals surface area (Å²) in [4.78, 5) is 10.3. The fourth-order valence-electron chi connectivity index (χ4n) is 3.58. The van der Waals surface area contributed by atoms with Gasteiger partial charge in [-0.1, -0.05) is 6.07 Å². The van der Waals surface area contributed by atoms with E-state index < -0.39 is 0 Å². The summed E-state index contributed by atoms with van der Waals surface area (Å²) in [6, 6.07) is 9.91. The van der Waals surface area contributed by atoms with E-state index in [1.54, 1.807) is 6.26 Å². The Kier molecular flexibility index (Phi) is 4.74. The predicted molar refractivity (Wildman–Crippen MR) is 113 cm³/mol. The van der Waals surface area contributed by atoms with Gasteiger partial charge < -0.3 is 19.6 Å². The lowest BCUT2D eigenvalue weighted by atomic mass is 9.96. The van der Waals surface area contributed by atoms with Crippen LogP contribution in [0, 0.1) is 17.4 Å². The molecular formula is C19H19IN4OS. The summed E-state index contributed by atoms with van der Waals surface area (Å²) in [5, 5.41) is 4.20. The fraction of sp³-hybridized carbons (Fsp3) is 0.263. The molecule has 1 aliphatic rings. The lowest BCUT2D eigenvalue weighted by molar-refractivity contribution is 0.286. The van der Waals surface area contributed by atoms with E-state index in [1.165, 1.54) is 14.8 Å². The average molecular weight is 478 g/mol. The van der Waals surface area contributed by atoms with Gasteiger partial charge in [0.1, 0.15) is 5.76 Å². The average Bonchev–Trinajstić information content (AvgIpc) is 3.31. The molecule has 0 unspecified atom stereocenters. The number of rotatable bonds is 4. The summed E-state index contributed by atoms with van der Waals surface area (Å²) < 4.78 is 6.82. The molecular weight excluding hydrogens is 459 g/mol. The van der Waals surface area contributed by atoms with Crippen LogP contribution in [0.15, 0.2) is 47.2 Å². The summed E-state index contributed by atoms with van der Waals surface area (Å²) in [6.45, 7) is 4.84. The van der Waals surface area contributed by atoms with Crippen LogP contribution in [0.25, 0.3) is 0 Å². The Bertz CT molecular complexity index is 923. The van der Waals surface area contributed by atoms with Gasteiger partial charge in [0.25, 0.3) is 0 Å². The Morgan fingerprint density at radius 2 is 2.08 bits per heavy atom. The van der Waals surface area contributed by atoms with Gasteiger partial charge in [0.15, 0.2) is 5.11 Å². The monoisotopic (exact) mass is 478 g/mol. The van der Waals surface area contributed by atoms with Crippen LogP contribution in [0.5, 0.6) is 0 Å². The topological polar surface area (TPSA) is 57.1 Å². The van der Waals surface area contributed by atoms with Crippen LogP contribution in [0.4, 0.5) is 0 Å². The molecule has 3 aromatic rings. The lowest BCUT2D eigenvalue weighted by Gasteiger charge is -2.27. The predicted octanol–water partition coefficient (Wildman–Crippen LogP) is 4.40. The molecule has 2 N–H and O–H groups in total. The molecule has 3 aromatic heterocycles. The molecule has 1 saturated heterocycles. The highest BCUT2D eigenvalue weighted by Gasteiger charge is 2.42. The number of pyridine rings is 1. The maximum atomic E-state index is 5.69. The van der Waals surface area contributed by atoms with Crippen molar-refractivity contribution >= 4 is 39.9 Å². The number of nitrogens with zero attached hydrogens (tertiary/aromatic N) is 2. The third kappa shape index (κ3) is 3.03. The fourth-order valence-corrected chi connectivity index (χ4v) is 4.75. The minimum absolute atomic E-state index is 0.0129. The molecule has 0 bridgehead atoms. The summed E-state index contributed by atoms with van der Waals surface area (Å²) in [5.74, 6) is 0.890. The number of hydrogen-bond donors (Lipinski definition) is 2. The van der Waals surface area contributed by atoms with E-state index in [0.29, 0.717) is 6.54 Å². The van der Waals surface area contributed by atoms with Gasteiger partial charge >= 0.3 is 0 Å². The van der Waals surface area contributed by atoms with Gasteiger partial charge in [-0.15, -0.1) is 0 Å². The molecule has 0 aromatic carbocycles. The van der Waals surface area contributed by atoms with Crippen LogP contribution in [-0.4, -0.2) is 20.0 Å². The minimum atomic E-state index is -0.0129.